The van der Waals surface area contributed by atoms with Crippen molar-refractivity contribution in [3.8, 4) is 0 Å². The molecular formula is C27H52N6O9. The highest BCUT2D eigenvalue weighted by atomic mass is 16.7. The number of nitrogens with two attached hydrogens (primary N) is 3. The van der Waals surface area contributed by atoms with Crippen LogP contribution < -0.4 is 33.2 Å². The van der Waals surface area contributed by atoms with Gasteiger partial charge in [-0.3, -0.25) is 4.79 Å². The van der Waals surface area contributed by atoms with E-state index < -0.39 is 78.4 Å². The highest BCUT2D eigenvalue weighted by molar-refractivity contribution is 5.80. The van der Waals surface area contributed by atoms with Gasteiger partial charge in [-0.2, -0.15) is 0 Å². The first-order chi connectivity index (χ1) is 19.8. The zero-order valence-corrected chi connectivity index (χ0v) is 24.8. The van der Waals surface area contributed by atoms with E-state index in [1.807, 2.05) is 13.0 Å². The summed E-state index contributed by atoms with van der Waals surface area (Å²) in [6.07, 6.45) is -4.58. The number of hydrogen-bond donors (Lipinski definition) is 11. The highest BCUT2D eigenvalue weighted by Gasteiger charge is 2.53. The second-order valence-electron chi connectivity index (χ2n) is 12.1. The zero-order valence-electron chi connectivity index (χ0n) is 24.8. The fraction of sp³-hybridized carbons (Fsp3) is 0.889. The van der Waals surface area contributed by atoms with Crippen molar-refractivity contribution in [2.75, 3.05) is 39.9 Å². The maximum atomic E-state index is 12.8. The lowest BCUT2D eigenvalue weighted by molar-refractivity contribution is -0.297. The molecule has 0 bridgehead atoms. The van der Waals surface area contributed by atoms with Crippen LogP contribution >= 0.6 is 0 Å². The second-order valence-corrected chi connectivity index (χ2v) is 12.1. The van der Waals surface area contributed by atoms with E-state index in [0.29, 0.717) is 25.3 Å². The van der Waals surface area contributed by atoms with E-state index in [2.05, 4.69) is 16.0 Å². The first-order valence-electron chi connectivity index (χ1n) is 14.7. The largest absolute Gasteiger partial charge is 0.492 e. The normalized spacial score (nSPS) is 40.5. The molecule has 0 spiro atoms. The summed E-state index contributed by atoms with van der Waals surface area (Å²) in [7, 11) is 1.59. The van der Waals surface area contributed by atoms with Gasteiger partial charge < -0.3 is 72.9 Å². The molecule has 0 radical (unpaired) electrons. The van der Waals surface area contributed by atoms with Gasteiger partial charge in [0.15, 0.2) is 6.29 Å². The number of carbonyl (C=O) groups excluding carboxylic acids is 1. The predicted molar refractivity (Wildman–Crippen MR) is 152 cm³/mol. The number of hydrogen-bond acceptors (Lipinski definition) is 14. The third-order valence-corrected chi connectivity index (χ3v) is 8.46. The number of likely N-dealkylation sites (N-methyl/N-ethyl adjacent to an activating group) is 1. The quantitative estimate of drug-likeness (QED) is 0.0948. The molecule has 244 valence electrons. The average molecular weight is 605 g/mol. The van der Waals surface area contributed by atoms with Crippen molar-refractivity contribution < 1.29 is 44.5 Å². The van der Waals surface area contributed by atoms with Crippen molar-refractivity contribution in [3.63, 3.8) is 0 Å². The summed E-state index contributed by atoms with van der Waals surface area (Å²) in [4.78, 5) is 12.8. The maximum absolute atomic E-state index is 12.8. The second kappa shape index (κ2) is 15.5. The van der Waals surface area contributed by atoms with E-state index in [0.717, 1.165) is 0 Å². The zero-order chi connectivity index (χ0) is 31.2. The van der Waals surface area contributed by atoms with Gasteiger partial charge in [0.1, 0.15) is 35.8 Å². The van der Waals surface area contributed by atoms with E-state index in [1.54, 1.807) is 7.05 Å². The number of rotatable bonds is 13. The third kappa shape index (κ3) is 8.37. The SMILES string of the molecule is CN[C@@H]1[C@@H](O)[C@@H](O[C@H]2[C@H](NC(=O)[C@@H](O)CCN)C[C@H](N)C([C@H]3OC(CNCC(C)CO)=CC[C@H]3N)[C@@H]2O)OC[C@]1(C)O. The Hall–Kier alpha value is -1.47. The number of nitrogens with one attached hydrogen (secondary N) is 3. The lowest BCUT2D eigenvalue weighted by Gasteiger charge is -2.50. The molecule has 1 aliphatic carbocycles. The van der Waals surface area contributed by atoms with Gasteiger partial charge in [0, 0.05) is 31.2 Å². The Kier molecular flexibility index (Phi) is 12.9. The predicted octanol–water partition coefficient (Wildman–Crippen LogP) is -4.45. The van der Waals surface area contributed by atoms with E-state index in [-0.39, 0.29) is 38.5 Å². The van der Waals surface area contributed by atoms with E-state index in [9.17, 15) is 30.3 Å². The number of aliphatic hydroxyl groups is 5. The van der Waals surface area contributed by atoms with Crippen LogP contribution in [0.1, 0.15) is 33.1 Å². The molecule has 15 heteroatoms. The van der Waals surface area contributed by atoms with Gasteiger partial charge in [-0.1, -0.05) is 6.92 Å². The Balaban J connectivity index is 1.82. The molecule has 15 nitrogen and oxygen atoms in total. The Morgan fingerprint density at radius 1 is 1.26 bits per heavy atom. The highest BCUT2D eigenvalue weighted by Crippen LogP contribution is 2.36. The van der Waals surface area contributed by atoms with E-state index in [4.69, 9.17) is 31.4 Å². The Morgan fingerprint density at radius 2 is 1.98 bits per heavy atom. The molecular weight excluding hydrogens is 552 g/mol. The van der Waals surface area contributed by atoms with Crippen LogP contribution in [0.4, 0.5) is 0 Å². The molecule has 1 saturated carbocycles. The van der Waals surface area contributed by atoms with Crippen molar-refractivity contribution in [2.24, 2.45) is 29.0 Å². The van der Waals surface area contributed by atoms with Gasteiger partial charge in [0.25, 0.3) is 0 Å². The standard InChI is InChI=1S/C27H52N6O9/c1-13(11-34)9-32-10-14-4-5-15(29)22(41-14)19-16(30)8-17(33-25(38)18(35)6-7-28)23(20(19)36)42-26-21(37)24(31-3)27(2,39)12-40-26/h4,13,15-24,26,31-32,34-37,39H,5-12,28-30H2,1-3H3,(H,33,38)/t13?,15-,16+,17-,18+,19?,20+,21-,22+,23+,24-,26-,27+/m1/s1. The summed E-state index contributed by atoms with van der Waals surface area (Å²) in [5.74, 6) is -0.722. The van der Waals surface area contributed by atoms with Crippen molar-refractivity contribution in [3.05, 3.63) is 11.8 Å². The van der Waals surface area contributed by atoms with Crippen LogP contribution in [0.2, 0.25) is 0 Å². The number of aliphatic hydroxyl groups excluding tert-OH is 4. The van der Waals surface area contributed by atoms with Crippen molar-refractivity contribution in [2.45, 2.75) is 99.7 Å². The van der Waals surface area contributed by atoms with Gasteiger partial charge in [0.05, 0.1) is 31.3 Å². The number of amides is 1. The summed E-state index contributed by atoms with van der Waals surface area (Å²) in [5.41, 5.74) is 17.2. The molecule has 2 heterocycles. The number of ether oxygens (including phenoxy) is 3. The van der Waals surface area contributed by atoms with Crippen LogP contribution in [0.5, 0.6) is 0 Å². The topological polar surface area (TPSA) is 260 Å². The molecule has 3 aliphatic rings. The van der Waals surface area contributed by atoms with Gasteiger partial charge in [-0.15, -0.1) is 0 Å². The van der Waals surface area contributed by atoms with Crippen molar-refractivity contribution in [1.82, 2.24) is 16.0 Å². The summed E-state index contributed by atoms with van der Waals surface area (Å²) in [6, 6.07) is -2.85. The van der Waals surface area contributed by atoms with Gasteiger partial charge >= 0.3 is 0 Å². The smallest absolute Gasteiger partial charge is 0.249 e. The van der Waals surface area contributed by atoms with Crippen LogP contribution in [0.3, 0.4) is 0 Å². The Morgan fingerprint density at radius 3 is 2.62 bits per heavy atom. The van der Waals surface area contributed by atoms with Gasteiger partial charge in [-0.05, 0) is 51.8 Å². The minimum atomic E-state index is -1.39. The molecule has 1 saturated heterocycles. The lowest BCUT2D eigenvalue weighted by Crippen LogP contribution is -2.69. The molecule has 0 aromatic carbocycles. The summed E-state index contributed by atoms with van der Waals surface area (Å²) in [5, 5.41) is 61.7. The monoisotopic (exact) mass is 604 g/mol. The fourth-order valence-corrected chi connectivity index (χ4v) is 6.03. The molecule has 14 N–H and O–H groups in total. The minimum Gasteiger partial charge on any atom is -0.492 e. The Bertz CT molecular complexity index is 898. The molecule has 2 fully saturated rings. The van der Waals surface area contributed by atoms with Gasteiger partial charge in [0.2, 0.25) is 5.91 Å². The van der Waals surface area contributed by atoms with Crippen LogP contribution in [-0.2, 0) is 19.0 Å². The number of carbonyl (C=O) groups is 1. The molecule has 2 aliphatic heterocycles. The third-order valence-electron chi connectivity index (χ3n) is 8.46. The molecule has 1 amide bonds. The van der Waals surface area contributed by atoms with Crippen molar-refractivity contribution >= 4 is 5.91 Å². The van der Waals surface area contributed by atoms with E-state index in [1.165, 1.54) is 6.92 Å². The summed E-state index contributed by atoms with van der Waals surface area (Å²) in [6.45, 7) is 4.40. The average Bonchev–Trinajstić information content (AvgIpc) is 2.93. The van der Waals surface area contributed by atoms with Crippen molar-refractivity contribution in [1.29, 1.82) is 0 Å². The maximum Gasteiger partial charge on any atom is 0.249 e. The minimum absolute atomic E-state index is 0.0374. The van der Waals surface area contributed by atoms with Crippen LogP contribution in [0.15, 0.2) is 11.8 Å². The molecule has 13 atom stereocenters. The first-order valence-corrected chi connectivity index (χ1v) is 14.7. The summed E-state index contributed by atoms with van der Waals surface area (Å²) < 4.78 is 18.1. The van der Waals surface area contributed by atoms with Crippen LogP contribution in [-0.4, -0.2) is 138 Å². The molecule has 42 heavy (non-hydrogen) atoms. The van der Waals surface area contributed by atoms with Crippen LogP contribution in [0.25, 0.3) is 0 Å². The molecule has 2 unspecified atom stereocenters. The molecule has 0 aromatic heterocycles. The first kappa shape index (κ1) is 35.0. The molecule has 3 rings (SSSR count). The fourth-order valence-electron chi connectivity index (χ4n) is 6.03. The molecule has 0 aromatic rings. The summed E-state index contributed by atoms with van der Waals surface area (Å²) >= 11 is 0. The van der Waals surface area contributed by atoms with Crippen LogP contribution in [0, 0.1) is 11.8 Å². The Labute approximate surface area is 247 Å². The van der Waals surface area contributed by atoms with E-state index >= 15 is 0 Å². The lowest BCUT2D eigenvalue weighted by atomic mass is 9.72. The van der Waals surface area contributed by atoms with Gasteiger partial charge in [-0.25, -0.2) is 0 Å².